The molecule has 1 amide bonds. The highest BCUT2D eigenvalue weighted by molar-refractivity contribution is 9.10. The van der Waals surface area contributed by atoms with Crippen LogP contribution < -0.4 is 14.9 Å². The highest BCUT2D eigenvalue weighted by Gasteiger charge is 2.39. The molecule has 7 nitrogen and oxygen atoms in total. The summed E-state index contributed by atoms with van der Waals surface area (Å²) in [5.74, 6) is -0.447. The number of hydrazone groups is 1. The number of carbonyl (C=O) groups is 2. The molecule has 0 spiro atoms. The summed E-state index contributed by atoms with van der Waals surface area (Å²) in [6, 6.07) is 28.8. The lowest BCUT2D eigenvalue weighted by Crippen LogP contribution is -2.43. The first-order valence-electron chi connectivity index (χ1n) is 11.2. The number of nitrogens with one attached hydrogen (secondary N) is 1. The molecule has 0 aliphatic heterocycles. The van der Waals surface area contributed by atoms with E-state index in [1.54, 1.807) is 110 Å². The number of benzene rings is 4. The highest BCUT2D eigenvalue weighted by Crippen LogP contribution is 2.30. The molecule has 0 radical (unpaired) electrons. The zero-order chi connectivity index (χ0) is 26.3. The summed E-state index contributed by atoms with van der Waals surface area (Å²) in [5.41, 5.74) is 2.01. The fourth-order valence-electron chi connectivity index (χ4n) is 3.63. The van der Waals surface area contributed by atoms with E-state index in [0.717, 1.165) is 4.47 Å². The third kappa shape index (κ3) is 5.94. The summed E-state index contributed by atoms with van der Waals surface area (Å²) in [7, 11) is 1.54. The van der Waals surface area contributed by atoms with Crippen LogP contribution in [0.1, 0.15) is 27.0 Å². The predicted molar refractivity (Wildman–Crippen MR) is 144 cm³/mol. The second kappa shape index (κ2) is 11.6. The van der Waals surface area contributed by atoms with E-state index < -0.39 is 17.5 Å². The Hall–Kier alpha value is -4.27. The molecular weight excluding hydrogens is 536 g/mol. The molecule has 0 aromatic heterocycles. The van der Waals surface area contributed by atoms with Crippen LogP contribution in [0.5, 0.6) is 11.5 Å². The van der Waals surface area contributed by atoms with Gasteiger partial charge in [-0.2, -0.15) is 5.10 Å². The van der Waals surface area contributed by atoms with Crippen LogP contribution in [-0.2, 0) is 10.4 Å². The molecule has 0 unspecified atom stereocenters. The van der Waals surface area contributed by atoms with Crippen molar-refractivity contribution < 1.29 is 24.2 Å². The molecule has 0 saturated carbocycles. The van der Waals surface area contributed by atoms with Crippen LogP contribution in [0, 0.1) is 0 Å². The van der Waals surface area contributed by atoms with Gasteiger partial charge in [0.05, 0.1) is 18.9 Å². The number of amides is 1. The smallest absolute Gasteiger partial charge is 0.343 e. The average molecular weight is 559 g/mol. The average Bonchev–Trinajstić information content (AvgIpc) is 2.94. The van der Waals surface area contributed by atoms with Gasteiger partial charge in [-0.25, -0.2) is 10.2 Å². The summed E-state index contributed by atoms with van der Waals surface area (Å²) < 4.78 is 11.4. The molecule has 186 valence electrons. The second-order valence-corrected chi connectivity index (χ2v) is 8.86. The van der Waals surface area contributed by atoms with Crippen molar-refractivity contribution in [3.63, 3.8) is 0 Å². The maximum atomic E-state index is 13.2. The Balaban J connectivity index is 1.56. The third-order valence-electron chi connectivity index (χ3n) is 5.58. The normalized spacial score (nSPS) is 11.2. The SMILES string of the molecule is COc1ccc(C(=O)Oc2ccc(Br)cc2/C=N\NC(=O)C(O)(c2ccccc2)c2ccccc2)cc1. The lowest BCUT2D eigenvalue weighted by atomic mass is 9.85. The second-order valence-electron chi connectivity index (χ2n) is 7.94. The van der Waals surface area contributed by atoms with E-state index in [4.69, 9.17) is 9.47 Å². The van der Waals surface area contributed by atoms with Gasteiger partial charge in [-0.05, 0) is 53.6 Å². The van der Waals surface area contributed by atoms with Crippen LogP contribution >= 0.6 is 15.9 Å². The number of aliphatic hydroxyl groups is 1. The van der Waals surface area contributed by atoms with Crippen molar-refractivity contribution in [2.45, 2.75) is 5.60 Å². The number of carbonyl (C=O) groups excluding carboxylic acids is 2. The van der Waals surface area contributed by atoms with Crippen molar-refractivity contribution in [3.05, 3.63) is 130 Å². The standard InChI is InChI=1S/C29H23BrN2O5/c1-36-25-15-12-20(13-16-25)27(33)37-26-17-14-24(30)18-21(26)19-31-32-28(34)29(35,22-8-4-2-5-9-22)23-10-6-3-7-11-23/h2-19,35H,1H3,(H,32,34)/b31-19-. The zero-order valence-electron chi connectivity index (χ0n) is 19.8. The Morgan fingerprint density at radius 1 is 0.892 bits per heavy atom. The predicted octanol–water partition coefficient (Wildman–Crippen LogP) is 5.06. The van der Waals surface area contributed by atoms with Crippen LogP contribution in [0.15, 0.2) is 113 Å². The molecule has 0 aliphatic rings. The summed E-state index contributed by atoms with van der Waals surface area (Å²) in [6.45, 7) is 0. The molecule has 0 atom stereocenters. The molecular formula is C29H23BrN2O5. The van der Waals surface area contributed by atoms with Crippen LogP contribution in [-0.4, -0.2) is 30.3 Å². The van der Waals surface area contributed by atoms with E-state index in [1.165, 1.54) is 6.21 Å². The molecule has 37 heavy (non-hydrogen) atoms. The molecule has 4 aromatic rings. The zero-order valence-corrected chi connectivity index (χ0v) is 21.4. The Bertz CT molecular complexity index is 1370. The first kappa shape index (κ1) is 25.8. The number of hydrogen-bond acceptors (Lipinski definition) is 6. The Kier molecular flexibility index (Phi) is 8.12. The number of halogens is 1. The van der Waals surface area contributed by atoms with E-state index >= 15 is 0 Å². The van der Waals surface area contributed by atoms with Gasteiger partial charge in [0.25, 0.3) is 5.91 Å². The number of ether oxygens (including phenoxy) is 2. The molecule has 4 aromatic carbocycles. The Morgan fingerprint density at radius 3 is 2.05 bits per heavy atom. The van der Waals surface area contributed by atoms with Crippen molar-refractivity contribution in [3.8, 4) is 11.5 Å². The van der Waals surface area contributed by atoms with Gasteiger partial charge in [-0.15, -0.1) is 0 Å². The molecule has 0 heterocycles. The fraction of sp³-hybridized carbons (Fsp3) is 0.0690. The van der Waals surface area contributed by atoms with Crippen LogP contribution in [0.4, 0.5) is 0 Å². The highest BCUT2D eigenvalue weighted by atomic mass is 79.9. The molecule has 0 fully saturated rings. The fourth-order valence-corrected chi connectivity index (χ4v) is 4.01. The van der Waals surface area contributed by atoms with Gasteiger partial charge in [-0.3, -0.25) is 4.79 Å². The van der Waals surface area contributed by atoms with Gasteiger partial charge < -0.3 is 14.6 Å². The van der Waals surface area contributed by atoms with Crippen LogP contribution in [0.2, 0.25) is 0 Å². The topological polar surface area (TPSA) is 97.2 Å². The monoisotopic (exact) mass is 558 g/mol. The molecule has 0 saturated heterocycles. The van der Waals surface area contributed by atoms with E-state index in [0.29, 0.717) is 28.0 Å². The Labute approximate surface area is 222 Å². The van der Waals surface area contributed by atoms with Gasteiger partial charge in [-0.1, -0.05) is 76.6 Å². The molecule has 0 bridgehead atoms. The largest absolute Gasteiger partial charge is 0.497 e. The van der Waals surface area contributed by atoms with E-state index in [1.807, 2.05) is 0 Å². The molecule has 0 aliphatic carbocycles. The number of esters is 1. The maximum absolute atomic E-state index is 13.2. The van der Waals surface area contributed by atoms with Crippen molar-refractivity contribution in [1.29, 1.82) is 0 Å². The van der Waals surface area contributed by atoms with E-state index in [9.17, 15) is 14.7 Å². The van der Waals surface area contributed by atoms with Crippen LogP contribution in [0.25, 0.3) is 0 Å². The first-order chi connectivity index (χ1) is 17.9. The van der Waals surface area contributed by atoms with Crippen LogP contribution in [0.3, 0.4) is 0 Å². The van der Waals surface area contributed by atoms with Crippen molar-refractivity contribution in [2.24, 2.45) is 5.10 Å². The van der Waals surface area contributed by atoms with Gasteiger partial charge in [0.15, 0.2) is 5.60 Å². The Morgan fingerprint density at radius 2 is 1.49 bits per heavy atom. The minimum absolute atomic E-state index is 0.239. The lowest BCUT2D eigenvalue weighted by Gasteiger charge is -2.27. The quantitative estimate of drug-likeness (QED) is 0.136. The summed E-state index contributed by atoms with van der Waals surface area (Å²) in [6.07, 6.45) is 1.34. The number of methoxy groups -OCH3 is 1. The molecule has 4 rings (SSSR count). The van der Waals surface area contributed by atoms with E-state index in [2.05, 4.69) is 26.5 Å². The van der Waals surface area contributed by atoms with Gasteiger partial charge in [0, 0.05) is 10.0 Å². The summed E-state index contributed by atoms with van der Waals surface area (Å²) >= 11 is 3.39. The van der Waals surface area contributed by atoms with Crippen molar-refractivity contribution >= 4 is 34.0 Å². The number of hydrogen-bond donors (Lipinski definition) is 2. The molecule has 2 N–H and O–H groups in total. The number of rotatable bonds is 8. The summed E-state index contributed by atoms with van der Waals surface area (Å²) in [5, 5.41) is 15.6. The third-order valence-corrected chi connectivity index (χ3v) is 6.07. The minimum atomic E-state index is -1.97. The number of nitrogens with zero attached hydrogens (tertiary/aromatic N) is 1. The van der Waals surface area contributed by atoms with Gasteiger partial charge >= 0.3 is 5.97 Å². The summed E-state index contributed by atoms with van der Waals surface area (Å²) in [4.78, 5) is 25.9. The first-order valence-corrected chi connectivity index (χ1v) is 12.0. The van der Waals surface area contributed by atoms with Crippen molar-refractivity contribution in [2.75, 3.05) is 7.11 Å². The lowest BCUT2D eigenvalue weighted by molar-refractivity contribution is -0.136. The van der Waals surface area contributed by atoms with Gasteiger partial charge in [0.1, 0.15) is 11.5 Å². The van der Waals surface area contributed by atoms with Crippen molar-refractivity contribution in [1.82, 2.24) is 5.43 Å². The van der Waals surface area contributed by atoms with E-state index in [-0.39, 0.29) is 5.75 Å². The molecule has 8 heteroatoms. The maximum Gasteiger partial charge on any atom is 0.343 e. The minimum Gasteiger partial charge on any atom is -0.497 e. The van der Waals surface area contributed by atoms with Gasteiger partial charge in [0.2, 0.25) is 0 Å².